The summed E-state index contributed by atoms with van der Waals surface area (Å²) in [6, 6.07) is 6.79. The van der Waals surface area contributed by atoms with Gasteiger partial charge in [0.2, 0.25) is 0 Å². The maximum absolute atomic E-state index is 6.04. The molecule has 1 aromatic rings. The Kier molecular flexibility index (Phi) is 5.87. The molecular weight excluding hydrogens is 368 g/mol. The van der Waals surface area contributed by atoms with Gasteiger partial charge in [-0.25, -0.2) is 0 Å². The van der Waals surface area contributed by atoms with Gasteiger partial charge in [-0.2, -0.15) is 0 Å². The summed E-state index contributed by atoms with van der Waals surface area (Å²) >= 11 is 7.11. The lowest BCUT2D eigenvalue weighted by molar-refractivity contribution is 0.141. The van der Waals surface area contributed by atoms with Crippen LogP contribution in [0.15, 0.2) is 27.1 Å². The molecule has 0 bridgehead atoms. The SMILES string of the molecule is CCN(CC1CCC1)C(CN)c1ccc(Br)c(Br)c1. The summed E-state index contributed by atoms with van der Waals surface area (Å²) in [5, 5.41) is 0. The summed E-state index contributed by atoms with van der Waals surface area (Å²) < 4.78 is 2.19. The van der Waals surface area contributed by atoms with Crippen molar-refractivity contribution in [2.24, 2.45) is 11.7 Å². The molecule has 19 heavy (non-hydrogen) atoms. The molecule has 0 aliphatic heterocycles. The Morgan fingerprint density at radius 1 is 1.32 bits per heavy atom. The second-order valence-electron chi connectivity index (χ2n) is 5.31. The molecule has 0 amide bonds. The highest BCUT2D eigenvalue weighted by Crippen LogP contribution is 2.32. The van der Waals surface area contributed by atoms with E-state index >= 15 is 0 Å². The zero-order valence-corrected chi connectivity index (χ0v) is 14.6. The number of halogens is 2. The van der Waals surface area contributed by atoms with Gasteiger partial charge in [-0.05, 0) is 74.9 Å². The third-order valence-electron chi connectivity index (χ3n) is 4.12. The van der Waals surface area contributed by atoms with E-state index in [0.717, 1.165) is 21.4 Å². The standard InChI is InChI=1S/C15H22Br2N2/c1-2-19(10-11-4-3-5-11)15(9-18)12-6-7-13(16)14(17)8-12/h6-8,11,15H,2-5,9-10,18H2,1H3. The minimum Gasteiger partial charge on any atom is -0.329 e. The van der Waals surface area contributed by atoms with Crippen molar-refractivity contribution in [2.75, 3.05) is 19.6 Å². The molecule has 0 saturated heterocycles. The summed E-state index contributed by atoms with van der Waals surface area (Å²) in [4.78, 5) is 2.53. The lowest BCUT2D eigenvalue weighted by atomic mass is 9.84. The van der Waals surface area contributed by atoms with Crippen LogP contribution in [0.5, 0.6) is 0 Å². The van der Waals surface area contributed by atoms with Gasteiger partial charge in [0.05, 0.1) is 0 Å². The molecule has 0 heterocycles. The van der Waals surface area contributed by atoms with Crippen LogP contribution in [0, 0.1) is 5.92 Å². The van der Waals surface area contributed by atoms with Crippen LogP contribution in [0.4, 0.5) is 0 Å². The Morgan fingerprint density at radius 2 is 2.05 bits per heavy atom. The molecule has 0 spiro atoms. The fraction of sp³-hybridized carbons (Fsp3) is 0.600. The van der Waals surface area contributed by atoms with Gasteiger partial charge in [0, 0.05) is 28.1 Å². The minimum atomic E-state index is 0.329. The van der Waals surface area contributed by atoms with Crippen LogP contribution in [0.3, 0.4) is 0 Å². The molecule has 1 atom stereocenters. The Morgan fingerprint density at radius 3 is 2.53 bits per heavy atom. The first-order valence-corrected chi connectivity index (χ1v) is 8.63. The maximum Gasteiger partial charge on any atom is 0.0470 e. The van der Waals surface area contributed by atoms with Gasteiger partial charge in [0.25, 0.3) is 0 Å². The van der Waals surface area contributed by atoms with Crippen LogP contribution in [-0.4, -0.2) is 24.5 Å². The van der Waals surface area contributed by atoms with E-state index in [-0.39, 0.29) is 0 Å². The Hall–Kier alpha value is 0.1000. The fourth-order valence-corrected chi connectivity index (χ4v) is 3.34. The lowest BCUT2D eigenvalue weighted by Gasteiger charge is -2.36. The van der Waals surface area contributed by atoms with E-state index in [1.54, 1.807) is 0 Å². The van der Waals surface area contributed by atoms with Gasteiger partial charge in [-0.1, -0.05) is 19.4 Å². The predicted octanol–water partition coefficient (Wildman–Crippen LogP) is 4.33. The summed E-state index contributed by atoms with van der Waals surface area (Å²) in [6.07, 6.45) is 4.18. The summed E-state index contributed by atoms with van der Waals surface area (Å²) in [7, 11) is 0. The smallest absolute Gasteiger partial charge is 0.0470 e. The van der Waals surface area contributed by atoms with Crippen molar-refractivity contribution in [3.8, 4) is 0 Å². The molecule has 2 N–H and O–H groups in total. The van der Waals surface area contributed by atoms with Crippen molar-refractivity contribution >= 4 is 31.9 Å². The molecule has 2 nitrogen and oxygen atoms in total. The Balaban J connectivity index is 2.13. The molecule has 4 heteroatoms. The molecule has 1 saturated carbocycles. The highest BCUT2D eigenvalue weighted by Gasteiger charge is 2.25. The van der Waals surface area contributed by atoms with Crippen LogP contribution >= 0.6 is 31.9 Å². The number of nitrogens with two attached hydrogens (primary N) is 1. The number of nitrogens with zero attached hydrogens (tertiary/aromatic N) is 1. The topological polar surface area (TPSA) is 29.3 Å². The average Bonchev–Trinajstić information content (AvgIpc) is 2.36. The van der Waals surface area contributed by atoms with Crippen LogP contribution in [0.2, 0.25) is 0 Å². The van der Waals surface area contributed by atoms with Crippen molar-refractivity contribution in [2.45, 2.75) is 32.2 Å². The number of hydrogen-bond donors (Lipinski definition) is 1. The summed E-state index contributed by atoms with van der Waals surface area (Å²) in [6.45, 7) is 5.15. The van der Waals surface area contributed by atoms with Crippen LogP contribution < -0.4 is 5.73 Å². The molecule has 2 rings (SSSR count). The number of benzene rings is 1. The van der Waals surface area contributed by atoms with E-state index in [1.807, 2.05) is 0 Å². The van der Waals surface area contributed by atoms with E-state index in [1.165, 1.54) is 31.4 Å². The third kappa shape index (κ3) is 3.81. The highest BCUT2D eigenvalue weighted by molar-refractivity contribution is 9.13. The summed E-state index contributed by atoms with van der Waals surface area (Å²) in [5.41, 5.74) is 7.34. The maximum atomic E-state index is 6.04. The van der Waals surface area contributed by atoms with Gasteiger partial charge < -0.3 is 5.73 Å². The van der Waals surface area contributed by atoms with Crippen molar-refractivity contribution < 1.29 is 0 Å². The van der Waals surface area contributed by atoms with Gasteiger partial charge in [0.15, 0.2) is 0 Å². The molecule has 1 fully saturated rings. The highest BCUT2D eigenvalue weighted by atomic mass is 79.9. The second-order valence-corrected chi connectivity index (χ2v) is 7.02. The molecule has 1 aliphatic carbocycles. The monoisotopic (exact) mass is 388 g/mol. The Labute approximate surface area is 133 Å². The zero-order valence-electron chi connectivity index (χ0n) is 11.4. The fourth-order valence-electron chi connectivity index (χ4n) is 2.70. The van der Waals surface area contributed by atoms with E-state index in [2.05, 4.69) is 61.9 Å². The average molecular weight is 390 g/mol. The first-order chi connectivity index (χ1) is 9.15. The second kappa shape index (κ2) is 7.21. The predicted molar refractivity (Wildman–Crippen MR) is 88.2 cm³/mol. The number of rotatable bonds is 6. The number of hydrogen-bond acceptors (Lipinski definition) is 2. The molecule has 106 valence electrons. The molecule has 0 aromatic heterocycles. The van der Waals surface area contributed by atoms with E-state index in [0.29, 0.717) is 12.6 Å². The van der Waals surface area contributed by atoms with Crippen LogP contribution in [0.25, 0.3) is 0 Å². The Bertz CT molecular complexity index is 419. The van der Waals surface area contributed by atoms with Crippen LogP contribution in [0.1, 0.15) is 37.8 Å². The largest absolute Gasteiger partial charge is 0.329 e. The third-order valence-corrected chi connectivity index (χ3v) is 6.00. The van der Waals surface area contributed by atoms with Crippen molar-refractivity contribution in [1.82, 2.24) is 4.90 Å². The normalized spacial score (nSPS) is 17.5. The molecular formula is C15H22Br2N2. The van der Waals surface area contributed by atoms with Crippen molar-refractivity contribution in [3.05, 3.63) is 32.7 Å². The van der Waals surface area contributed by atoms with Gasteiger partial charge in [-0.15, -0.1) is 0 Å². The summed E-state index contributed by atoms with van der Waals surface area (Å²) in [5.74, 6) is 0.882. The van der Waals surface area contributed by atoms with Gasteiger partial charge in [-0.3, -0.25) is 4.90 Å². The van der Waals surface area contributed by atoms with Gasteiger partial charge >= 0.3 is 0 Å². The first kappa shape index (κ1) is 15.5. The van der Waals surface area contributed by atoms with E-state index in [4.69, 9.17) is 5.73 Å². The van der Waals surface area contributed by atoms with Crippen LogP contribution in [-0.2, 0) is 0 Å². The molecule has 1 aliphatic rings. The van der Waals surface area contributed by atoms with Gasteiger partial charge in [0.1, 0.15) is 0 Å². The van der Waals surface area contributed by atoms with E-state index < -0.39 is 0 Å². The molecule has 0 radical (unpaired) electrons. The first-order valence-electron chi connectivity index (χ1n) is 7.04. The number of likely N-dealkylation sites (N-methyl/N-ethyl adjacent to an activating group) is 1. The lowest BCUT2D eigenvalue weighted by Crippen LogP contribution is -2.38. The van der Waals surface area contributed by atoms with Crippen molar-refractivity contribution in [3.63, 3.8) is 0 Å². The molecule has 1 aromatic carbocycles. The molecule has 1 unspecified atom stereocenters. The minimum absolute atomic E-state index is 0.329. The van der Waals surface area contributed by atoms with E-state index in [9.17, 15) is 0 Å². The van der Waals surface area contributed by atoms with Crippen molar-refractivity contribution in [1.29, 1.82) is 0 Å². The zero-order chi connectivity index (χ0) is 13.8. The quantitative estimate of drug-likeness (QED) is 0.784.